The van der Waals surface area contributed by atoms with Gasteiger partial charge in [-0.3, -0.25) is 23.9 Å². The summed E-state index contributed by atoms with van der Waals surface area (Å²) in [5, 5.41) is 18.4. The molecule has 0 saturated carbocycles. The van der Waals surface area contributed by atoms with Gasteiger partial charge in [0.2, 0.25) is 0 Å². The van der Waals surface area contributed by atoms with Gasteiger partial charge in [-0.2, -0.15) is 5.26 Å². The van der Waals surface area contributed by atoms with E-state index in [0.29, 0.717) is 59.7 Å². The molecule has 9 nitrogen and oxygen atoms in total. The molecule has 3 rings (SSSR count). The Hall–Kier alpha value is -2.68. The predicted octanol–water partition coefficient (Wildman–Crippen LogP) is 4.68. The van der Waals surface area contributed by atoms with Crippen molar-refractivity contribution in [3.8, 4) is 6.07 Å². The number of carbonyl (C=O) groups excluding carboxylic acids is 1. The van der Waals surface area contributed by atoms with E-state index in [-0.39, 0.29) is 23.5 Å². The number of carboxylic acid groups (broad SMARTS) is 1. The molecule has 1 aromatic rings. The number of anilines is 1. The largest absolute Gasteiger partial charge is 0.481 e. The number of ether oxygens (including phenoxy) is 1. The van der Waals surface area contributed by atoms with E-state index in [1.807, 2.05) is 6.92 Å². The number of pyridine rings is 1. The number of thiocarbonyl (C=S) groups is 1. The summed E-state index contributed by atoms with van der Waals surface area (Å²) in [6, 6.07) is 2.07. The Morgan fingerprint density at radius 1 is 1.10 bits per heavy atom. The second kappa shape index (κ2) is 15.2. The van der Waals surface area contributed by atoms with Crippen molar-refractivity contribution in [3.63, 3.8) is 0 Å². The standard InChI is InChI=1S/C28H38N4O5S2/c1-3-31-25(30-14-16-37-17-15-30)21(20(2)22(19-29)26(31)35)18-23-27(36)32(28(38)39-23)13-11-9-7-5-4-6-8-10-12-24(33)34/h18H,3-17H2,1-2H3,(H,33,34)/b23-18+. The summed E-state index contributed by atoms with van der Waals surface area (Å²) in [5.41, 5.74) is 1.06. The second-order valence-electron chi connectivity index (χ2n) is 9.80. The number of carbonyl (C=O) groups is 2. The highest BCUT2D eigenvalue weighted by atomic mass is 32.2. The van der Waals surface area contributed by atoms with Crippen LogP contribution >= 0.6 is 24.0 Å². The summed E-state index contributed by atoms with van der Waals surface area (Å²) in [4.78, 5) is 41.3. The average Bonchev–Trinajstić information content (AvgIpc) is 3.18. The third-order valence-corrected chi connectivity index (χ3v) is 8.52. The van der Waals surface area contributed by atoms with Crippen molar-refractivity contribution in [1.29, 1.82) is 5.26 Å². The number of rotatable bonds is 14. The van der Waals surface area contributed by atoms with E-state index in [0.717, 1.165) is 57.2 Å². The van der Waals surface area contributed by atoms with E-state index in [1.54, 1.807) is 22.5 Å². The number of nitrogens with zero attached hydrogens (tertiary/aromatic N) is 4. The summed E-state index contributed by atoms with van der Waals surface area (Å²) >= 11 is 6.82. The highest BCUT2D eigenvalue weighted by Gasteiger charge is 2.33. The van der Waals surface area contributed by atoms with Gasteiger partial charge >= 0.3 is 5.97 Å². The van der Waals surface area contributed by atoms with Crippen LogP contribution in [0.5, 0.6) is 0 Å². The lowest BCUT2D eigenvalue weighted by atomic mass is 10.0. The molecule has 2 fully saturated rings. The van der Waals surface area contributed by atoms with Crippen molar-refractivity contribution in [1.82, 2.24) is 9.47 Å². The smallest absolute Gasteiger partial charge is 0.303 e. The number of carboxylic acids is 1. The van der Waals surface area contributed by atoms with Gasteiger partial charge < -0.3 is 14.7 Å². The third kappa shape index (κ3) is 7.93. The van der Waals surface area contributed by atoms with Crippen molar-refractivity contribution in [2.75, 3.05) is 37.7 Å². The molecule has 1 amide bonds. The molecule has 2 saturated heterocycles. The quantitative estimate of drug-likeness (QED) is 0.192. The monoisotopic (exact) mass is 574 g/mol. The molecule has 0 radical (unpaired) electrons. The van der Waals surface area contributed by atoms with Gasteiger partial charge in [-0.1, -0.05) is 62.5 Å². The van der Waals surface area contributed by atoms with Gasteiger partial charge in [0.1, 0.15) is 21.8 Å². The fourth-order valence-electron chi connectivity index (χ4n) is 4.98. The van der Waals surface area contributed by atoms with E-state index in [4.69, 9.17) is 22.1 Å². The third-order valence-electron chi connectivity index (χ3n) is 7.14. The zero-order valence-electron chi connectivity index (χ0n) is 22.9. The number of thioether (sulfide) groups is 1. The minimum Gasteiger partial charge on any atom is -0.481 e. The molecule has 11 heteroatoms. The zero-order chi connectivity index (χ0) is 28.4. The highest BCUT2D eigenvalue weighted by Crippen LogP contribution is 2.36. The average molecular weight is 575 g/mol. The Kier molecular flexibility index (Phi) is 12.0. The van der Waals surface area contributed by atoms with E-state index >= 15 is 0 Å². The summed E-state index contributed by atoms with van der Waals surface area (Å²) in [7, 11) is 0. The van der Waals surface area contributed by atoms with Gasteiger partial charge in [-0.15, -0.1) is 0 Å². The molecule has 0 unspecified atom stereocenters. The van der Waals surface area contributed by atoms with Gasteiger partial charge in [0.25, 0.3) is 11.5 Å². The van der Waals surface area contributed by atoms with E-state index in [9.17, 15) is 19.6 Å². The Labute approximate surface area is 239 Å². The molecule has 0 aliphatic carbocycles. The first-order valence-electron chi connectivity index (χ1n) is 13.8. The predicted molar refractivity (Wildman–Crippen MR) is 158 cm³/mol. The first-order valence-corrected chi connectivity index (χ1v) is 15.0. The Morgan fingerprint density at radius 3 is 2.31 bits per heavy atom. The molecule has 212 valence electrons. The molecule has 1 N–H and O–H groups in total. The van der Waals surface area contributed by atoms with Crippen LogP contribution in [0.3, 0.4) is 0 Å². The first kappa shape index (κ1) is 30.9. The molecular formula is C28H38N4O5S2. The lowest BCUT2D eigenvalue weighted by molar-refractivity contribution is -0.137. The Morgan fingerprint density at radius 2 is 1.72 bits per heavy atom. The van der Waals surface area contributed by atoms with Crippen molar-refractivity contribution >= 4 is 52.1 Å². The number of amides is 1. The molecule has 3 heterocycles. The molecule has 2 aliphatic rings. The summed E-state index contributed by atoms with van der Waals surface area (Å²) in [6.45, 7) is 6.95. The van der Waals surface area contributed by atoms with Gasteiger partial charge in [0.15, 0.2) is 0 Å². The van der Waals surface area contributed by atoms with Crippen LogP contribution in [0.1, 0.15) is 81.4 Å². The van der Waals surface area contributed by atoms with E-state index in [1.165, 1.54) is 11.8 Å². The summed E-state index contributed by atoms with van der Waals surface area (Å²) < 4.78 is 7.66. The molecule has 2 aliphatic heterocycles. The Balaban J connectivity index is 1.68. The van der Waals surface area contributed by atoms with Crippen molar-refractivity contribution < 1.29 is 19.4 Å². The normalized spacial score (nSPS) is 16.8. The number of unbranched alkanes of at least 4 members (excludes halogenated alkanes) is 7. The summed E-state index contributed by atoms with van der Waals surface area (Å²) in [6.07, 6.45) is 9.91. The van der Waals surface area contributed by atoms with Crippen LogP contribution in [-0.2, 0) is 20.9 Å². The van der Waals surface area contributed by atoms with Crippen molar-refractivity contribution in [2.45, 2.75) is 78.2 Å². The Bertz CT molecular complexity index is 1200. The van der Waals surface area contributed by atoms with Crippen LogP contribution < -0.4 is 10.5 Å². The van der Waals surface area contributed by atoms with Crippen LogP contribution in [0.2, 0.25) is 0 Å². The van der Waals surface area contributed by atoms with E-state index in [2.05, 4.69) is 11.0 Å². The highest BCUT2D eigenvalue weighted by molar-refractivity contribution is 8.26. The van der Waals surface area contributed by atoms with Crippen LogP contribution in [-0.4, -0.2) is 63.6 Å². The van der Waals surface area contributed by atoms with Gasteiger partial charge in [-0.05, 0) is 38.3 Å². The topological polar surface area (TPSA) is 116 Å². The molecule has 1 aromatic heterocycles. The van der Waals surface area contributed by atoms with Crippen LogP contribution in [0, 0.1) is 18.3 Å². The molecule has 39 heavy (non-hydrogen) atoms. The molecule has 0 atom stereocenters. The number of hydrogen-bond donors (Lipinski definition) is 1. The number of morpholine rings is 1. The number of hydrogen-bond acceptors (Lipinski definition) is 8. The zero-order valence-corrected chi connectivity index (χ0v) is 24.5. The fourth-order valence-corrected chi connectivity index (χ4v) is 6.27. The lowest BCUT2D eigenvalue weighted by Crippen LogP contribution is -2.41. The molecule has 0 spiro atoms. The van der Waals surface area contributed by atoms with E-state index < -0.39 is 5.97 Å². The summed E-state index contributed by atoms with van der Waals surface area (Å²) in [5.74, 6) is -0.149. The molecule has 0 bridgehead atoms. The minimum atomic E-state index is -0.731. The van der Waals surface area contributed by atoms with Gasteiger partial charge in [-0.25, -0.2) is 0 Å². The molecular weight excluding hydrogens is 536 g/mol. The van der Waals surface area contributed by atoms with Crippen molar-refractivity contribution in [3.05, 3.63) is 31.9 Å². The lowest BCUT2D eigenvalue weighted by Gasteiger charge is -2.33. The van der Waals surface area contributed by atoms with Crippen molar-refractivity contribution in [2.24, 2.45) is 0 Å². The minimum absolute atomic E-state index is 0.0949. The maximum atomic E-state index is 13.3. The number of nitriles is 1. The first-order chi connectivity index (χ1) is 18.8. The van der Waals surface area contributed by atoms with Gasteiger partial charge in [0.05, 0.1) is 18.1 Å². The van der Waals surface area contributed by atoms with Crippen LogP contribution in [0.15, 0.2) is 9.70 Å². The van der Waals surface area contributed by atoms with Crippen LogP contribution in [0.25, 0.3) is 6.08 Å². The maximum Gasteiger partial charge on any atom is 0.303 e. The maximum absolute atomic E-state index is 13.3. The number of aromatic nitrogens is 1. The second-order valence-corrected chi connectivity index (χ2v) is 11.5. The number of aliphatic carboxylic acids is 1. The molecule has 0 aromatic carbocycles. The fraction of sp³-hybridized carbons (Fsp3) is 0.607. The van der Waals surface area contributed by atoms with Gasteiger partial charge in [0, 0.05) is 38.2 Å². The van der Waals surface area contributed by atoms with Crippen LogP contribution in [0.4, 0.5) is 5.82 Å². The SMILES string of the molecule is CCn1c(N2CCOCC2)c(/C=C2/SC(=S)N(CCCCCCCCCCC(=O)O)C2=O)c(C)c(C#N)c1=O.